The van der Waals surface area contributed by atoms with Gasteiger partial charge >= 0.3 is 17.8 Å². The van der Waals surface area contributed by atoms with Crippen molar-refractivity contribution in [3.63, 3.8) is 0 Å². The Labute approximate surface area is 184 Å². The number of nitrogens with zero attached hydrogens (tertiary/aromatic N) is 1. The lowest BCUT2D eigenvalue weighted by Crippen LogP contribution is -2.49. The lowest BCUT2D eigenvalue weighted by Gasteiger charge is -2.47. The summed E-state index contributed by atoms with van der Waals surface area (Å²) < 4.78 is 88.4. The molecule has 0 aromatic carbocycles. The summed E-state index contributed by atoms with van der Waals surface area (Å²) in [4.78, 5) is 1.29. The number of aromatic nitrogens is 1. The quantitative estimate of drug-likeness (QED) is 0.366. The molecule has 0 unspecified atom stereocenters. The van der Waals surface area contributed by atoms with Gasteiger partial charge in [-0.2, -0.15) is 26.3 Å². The number of halogens is 6. The van der Waals surface area contributed by atoms with Crippen LogP contribution in [0, 0.1) is 0 Å². The van der Waals surface area contributed by atoms with Crippen LogP contribution < -0.4 is 4.57 Å². The van der Waals surface area contributed by atoms with Gasteiger partial charge in [0.1, 0.15) is 0 Å². The first kappa shape index (κ1) is 21.2. The summed E-state index contributed by atoms with van der Waals surface area (Å²) in [6.07, 6.45) is 6.38. The fraction of sp³-hybridized carbons (Fsp3) is 0.409. The number of rotatable bonds is 2. The van der Waals surface area contributed by atoms with Crippen molar-refractivity contribution >= 4 is 23.5 Å². The molecule has 5 rings (SSSR count). The number of fused-ring (bicyclic) bond motifs is 4. The van der Waals surface area contributed by atoms with Crippen molar-refractivity contribution in [2.45, 2.75) is 54.6 Å². The molecule has 1 aromatic rings. The summed E-state index contributed by atoms with van der Waals surface area (Å²) in [6.45, 7) is 5.39. The molecule has 0 radical (unpaired) electrons. The van der Waals surface area contributed by atoms with Gasteiger partial charge < -0.3 is 0 Å². The van der Waals surface area contributed by atoms with Crippen LogP contribution in [0.5, 0.6) is 0 Å². The van der Waals surface area contributed by atoms with Crippen molar-refractivity contribution < 1.29 is 30.9 Å². The standard InChI is InChI=1S/C22H18F6NS2/c1-12-9-14-16-17(21(25,26)22(27,28)20(16,23)24)15-10-13(11-29-7-5-4-6-8-29)31-19(15,3)18(14,2)30-12/h4-10H,11H2,1-3H3/q+1/t18-,19-/m1/s1. The molecule has 0 N–H and O–H groups in total. The summed E-state index contributed by atoms with van der Waals surface area (Å²) >= 11 is 2.56. The first-order chi connectivity index (χ1) is 14.3. The summed E-state index contributed by atoms with van der Waals surface area (Å²) in [5.41, 5.74) is -2.65. The molecule has 2 aliphatic carbocycles. The molecular formula is C22H18F6NS2+. The molecule has 31 heavy (non-hydrogen) atoms. The zero-order valence-corrected chi connectivity index (χ0v) is 18.4. The van der Waals surface area contributed by atoms with Crippen molar-refractivity contribution in [1.29, 1.82) is 0 Å². The van der Waals surface area contributed by atoms with E-state index in [0.717, 1.165) is 0 Å². The van der Waals surface area contributed by atoms with E-state index in [1.54, 1.807) is 33.2 Å². The van der Waals surface area contributed by atoms with E-state index in [9.17, 15) is 17.6 Å². The fourth-order valence-corrected chi connectivity index (χ4v) is 8.09. The molecule has 2 aliphatic heterocycles. The average molecular weight is 475 g/mol. The van der Waals surface area contributed by atoms with Crippen molar-refractivity contribution in [3.05, 3.63) is 74.8 Å². The van der Waals surface area contributed by atoms with E-state index in [1.165, 1.54) is 35.7 Å². The van der Waals surface area contributed by atoms with Crippen LogP contribution >= 0.6 is 23.5 Å². The molecule has 0 saturated heterocycles. The smallest absolute Gasteiger partial charge is 0.200 e. The van der Waals surface area contributed by atoms with Gasteiger partial charge in [0, 0.05) is 23.3 Å². The van der Waals surface area contributed by atoms with Crippen molar-refractivity contribution in [2.24, 2.45) is 0 Å². The highest BCUT2D eigenvalue weighted by Crippen LogP contribution is 2.73. The predicted octanol–water partition coefficient (Wildman–Crippen LogP) is 6.30. The Morgan fingerprint density at radius 3 is 1.87 bits per heavy atom. The molecule has 0 bridgehead atoms. The van der Waals surface area contributed by atoms with E-state index in [2.05, 4.69) is 0 Å². The second-order valence-corrected chi connectivity index (χ2v) is 11.7. The van der Waals surface area contributed by atoms with Gasteiger partial charge in [0.25, 0.3) is 0 Å². The Morgan fingerprint density at radius 1 is 0.774 bits per heavy atom. The largest absolute Gasteiger partial charge is 0.380 e. The highest BCUT2D eigenvalue weighted by molar-refractivity contribution is 8.09. The lowest BCUT2D eigenvalue weighted by molar-refractivity contribution is -0.687. The topological polar surface area (TPSA) is 3.88 Å². The van der Waals surface area contributed by atoms with Crippen LogP contribution in [0.1, 0.15) is 20.8 Å². The van der Waals surface area contributed by atoms with Crippen LogP contribution in [0.3, 0.4) is 0 Å². The Kier molecular flexibility index (Phi) is 4.14. The normalized spacial score (nSPS) is 34.4. The molecule has 4 aliphatic rings. The minimum Gasteiger partial charge on any atom is -0.200 e. The van der Waals surface area contributed by atoms with E-state index in [-0.39, 0.29) is 11.1 Å². The van der Waals surface area contributed by atoms with Crippen LogP contribution in [-0.4, -0.2) is 27.3 Å². The van der Waals surface area contributed by atoms with Crippen molar-refractivity contribution in [2.75, 3.05) is 0 Å². The summed E-state index contributed by atoms with van der Waals surface area (Å²) in [5.74, 6) is -15.4. The van der Waals surface area contributed by atoms with Crippen LogP contribution in [0.2, 0.25) is 0 Å². The predicted molar refractivity (Wildman–Crippen MR) is 109 cm³/mol. The number of pyridine rings is 1. The maximum absolute atomic E-state index is 15.0. The van der Waals surface area contributed by atoms with E-state index in [0.29, 0.717) is 16.4 Å². The van der Waals surface area contributed by atoms with Gasteiger partial charge in [-0.1, -0.05) is 6.07 Å². The Morgan fingerprint density at radius 2 is 1.29 bits per heavy atom. The lowest BCUT2D eigenvalue weighted by atomic mass is 9.71. The third-order valence-electron chi connectivity index (χ3n) is 6.61. The van der Waals surface area contributed by atoms with E-state index in [1.807, 2.05) is 22.8 Å². The zero-order chi connectivity index (χ0) is 22.6. The van der Waals surface area contributed by atoms with Gasteiger partial charge in [-0.15, -0.1) is 23.5 Å². The first-order valence-corrected chi connectivity index (χ1v) is 11.3. The molecule has 9 heteroatoms. The van der Waals surface area contributed by atoms with E-state index < -0.39 is 38.4 Å². The highest BCUT2D eigenvalue weighted by atomic mass is 32.2. The highest BCUT2D eigenvalue weighted by Gasteiger charge is 2.84. The molecule has 0 spiro atoms. The van der Waals surface area contributed by atoms with Gasteiger partial charge in [0.2, 0.25) is 0 Å². The summed E-state index contributed by atoms with van der Waals surface area (Å²) in [6, 6.07) is 5.44. The van der Waals surface area contributed by atoms with Crippen LogP contribution in [-0.2, 0) is 6.54 Å². The third-order valence-corrected chi connectivity index (χ3v) is 9.76. The van der Waals surface area contributed by atoms with Gasteiger partial charge in [0.05, 0.1) is 14.4 Å². The van der Waals surface area contributed by atoms with Gasteiger partial charge in [-0.25, -0.2) is 4.57 Å². The average Bonchev–Trinajstić information content (AvgIpc) is 3.20. The minimum absolute atomic E-state index is 0.118. The molecule has 1 saturated carbocycles. The van der Waals surface area contributed by atoms with Crippen LogP contribution in [0.4, 0.5) is 26.3 Å². The molecular weight excluding hydrogens is 456 g/mol. The van der Waals surface area contributed by atoms with Crippen LogP contribution in [0.15, 0.2) is 74.8 Å². The third kappa shape index (κ3) is 2.37. The SMILES string of the molecule is CC1=CC2=C3C(=C4C=C(C[n+]5ccccc5)S[C@@]4(C)[C@]2(C)S1)C(F)(F)C(F)(F)C3(F)F. The van der Waals surface area contributed by atoms with Gasteiger partial charge in [-0.3, -0.25) is 0 Å². The molecule has 164 valence electrons. The Hall–Kier alpha value is -1.61. The maximum atomic E-state index is 15.0. The Bertz CT molecular complexity index is 1130. The first-order valence-electron chi connectivity index (χ1n) is 9.62. The summed E-state index contributed by atoms with van der Waals surface area (Å²) in [5, 5.41) is 0. The number of hydrogen-bond acceptors (Lipinski definition) is 2. The molecule has 0 amide bonds. The second-order valence-electron chi connectivity index (χ2n) is 8.48. The van der Waals surface area contributed by atoms with Gasteiger partial charge in [0.15, 0.2) is 18.9 Å². The Balaban J connectivity index is 1.79. The van der Waals surface area contributed by atoms with Crippen molar-refractivity contribution in [1.82, 2.24) is 0 Å². The number of alkyl halides is 6. The fourth-order valence-electron chi connectivity index (χ4n) is 4.95. The maximum Gasteiger partial charge on any atom is 0.380 e. The zero-order valence-electron chi connectivity index (χ0n) is 16.8. The van der Waals surface area contributed by atoms with Gasteiger partial charge in [-0.05, 0) is 49.0 Å². The molecule has 3 heterocycles. The molecule has 1 aromatic heterocycles. The summed E-state index contributed by atoms with van der Waals surface area (Å²) in [7, 11) is 0. The molecule has 1 fully saturated rings. The number of allylic oxidation sites excluding steroid dienone is 6. The number of thioether (sulfide) groups is 2. The van der Waals surface area contributed by atoms with Crippen molar-refractivity contribution in [3.8, 4) is 0 Å². The molecule has 1 nitrogen and oxygen atoms in total. The monoisotopic (exact) mass is 474 g/mol. The second kappa shape index (κ2) is 6.04. The number of hydrogen-bond donors (Lipinski definition) is 0. The minimum atomic E-state index is -5.50. The molecule has 2 atom stereocenters. The van der Waals surface area contributed by atoms with E-state index in [4.69, 9.17) is 0 Å². The van der Waals surface area contributed by atoms with Crippen LogP contribution in [0.25, 0.3) is 0 Å². The van der Waals surface area contributed by atoms with E-state index >= 15 is 8.78 Å².